The first-order valence-electron chi connectivity index (χ1n) is 22.6. The molecular weight excluding hydrogens is 426 g/mol. The Bertz CT molecular complexity index is 2930. The Morgan fingerprint density at radius 2 is 1.31 bits per heavy atom. The Morgan fingerprint density at radius 3 is 2.20 bits per heavy atom. The second kappa shape index (κ2) is 7.35. The highest BCUT2D eigenvalue weighted by Crippen LogP contribution is 2.48. The zero-order valence-corrected chi connectivity index (χ0v) is 17.4. The van der Waals surface area contributed by atoms with Gasteiger partial charge in [-0.3, -0.25) is 0 Å². The average molecular weight is 477 g/mol. The first-order valence-corrected chi connectivity index (χ1v) is 10.1. The molecule has 0 fully saturated rings. The topological polar surface area (TPSA) is 14.2 Å². The third-order valence-electron chi connectivity index (χ3n) is 5.50. The van der Waals surface area contributed by atoms with Crippen molar-refractivity contribution >= 4 is 21.8 Å². The van der Waals surface area contributed by atoms with Gasteiger partial charge < -0.3 is 9.30 Å². The van der Waals surface area contributed by atoms with Crippen LogP contribution >= 0.6 is 0 Å². The van der Waals surface area contributed by atoms with Gasteiger partial charge in [-0.1, -0.05) is 86.2 Å². The van der Waals surface area contributed by atoms with Gasteiger partial charge >= 0.3 is 0 Å². The van der Waals surface area contributed by atoms with Crippen molar-refractivity contribution in [2.75, 3.05) is 0 Å². The molecule has 35 heavy (non-hydrogen) atoms. The molecule has 5 aromatic carbocycles. The maximum absolute atomic E-state index is 9.58. The largest absolute Gasteiger partial charge is 0.457 e. The fourth-order valence-corrected chi connectivity index (χ4v) is 3.94. The third-order valence-corrected chi connectivity index (χ3v) is 5.50. The summed E-state index contributed by atoms with van der Waals surface area (Å²) >= 11 is 0. The van der Waals surface area contributed by atoms with Crippen molar-refractivity contribution in [3.8, 4) is 28.3 Å². The molecule has 1 aliphatic heterocycles. The number of fused-ring (bicyclic) bond motifs is 5. The Morgan fingerprint density at radius 1 is 0.629 bits per heavy atom. The van der Waals surface area contributed by atoms with Gasteiger partial charge in [0, 0.05) is 41.2 Å². The van der Waals surface area contributed by atoms with Crippen LogP contribution in [0, 0.1) is 0 Å². The molecule has 0 radical (unpaired) electrons. The molecule has 0 atom stereocenters. The quantitative estimate of drug-likeness (QED) is 0.243. The van der Waals surface area contributed by atoms with Crippen molar-refractivity contribution in [1.29, 1.82) is 0 Å². The van der Waals surface area contributed by atoms with Gasteiger partial charge in [-0.25, -0.2) is 0 Å². The molecule has 168 valence electrons. The van der Waals surface area contributed by atoms with E-state index in [0.717, 1.165) is 0 Å². The van der Waals surface area contributed by atoms with Gasteiger partial charge in [-0.15, -0.1) is 0 Å². The van der Waals surface area contributed by atoms with Gasteiger partial charge in [0.2, 0.25) is 0 Å². The summed E-state index contributed by atoms with van der Waals surface area (Å²) in [5.74, 6) is -2.10. The van der Waals surface area contributed by atoms with E-state index < -0.39 is 195 Å². The van der Waals surface area contributed by atoms with E-state index in [4.69, 9.17) is 33.5 Å². The number of hydrogen-bond acceptors (Lipinski definition) is 1. The Kier molecular flexibility index (Phi) is 1.49. The molecule has 2 heterocycles. The van der Waals surface area contributed by atoms with Crippen LogP contribution in [0.3, 0.4) is 0 Å². The molecule has 0 bridgehead atoms. The molecule has 0 spiro atoms. The van der Waals surface area contributed by atoms with Gasteiger partial charge in [0.15, 0.2) is 0 Å². The van der Waals surface area contributed by atoms with E-state index in [2.05, 4.69) is 0 Å². The van der Waals surface area contributed by atoms with E-state index in [0.29, 0.717) is 4.57 Å². The van der Waals surface area contributed by atoms with Crippen LogP contribution < -0.4 is 4.74 Å². The Hall–Kier alpha value is -4.30. The molecule has 2 nitrogen and oxygen atoms in total. The minimum absolute atomic E-state index is 0.534. The standard InChI is InChI=1S/C33H25NO/c1-33(2)27-13-7-9-15-31(27)35-32-19-17-22(20-28(32)33)23-16-18-26-25-12-6-8-14-29(25)34(30(26)21-23)24-10-4-3-5-11-24/h3-21H,1-2H3/i1D3,2D3,3D,4D,5D,6D,7D,8D,9D,10D,11D,12D,13D,14D,15D,16D,17D,18D,19D,20D,21D. The number of para-hydroxylation sites is 3. The van der Waals surface area contributed by atoms with Crippen LogP contribution in [-0.4, -0.2) is 4.57 Å². The number of aromatic nitrogens is 1. The van der Waals surface area contributed by atoms with E-state index in [1.807, 2.05) is 0 Å². The summed E-state index contributed by atoms with van der Waals surface area (Å²) in [6.07, 6.45) is 0. The average Bonchev–Trinajstić information content (AvgIpc) is 3.53. The highest BCUT2D eigenvalue weighted by molar-refractivity contribution is 6.10. The molecule has 0 unspecified atom stereocenters. The maximum atomic E-state index is 9.58. The predicted octanol–water partition coefficient (Wildman–Crippen LogP) is 8.88. The summed E-state index contributed by atoms with van der Waals surface area (Å²) in [5.41, 5.74) is -10.1. The molecule has 0 N–H and O–H groups in total. The fourth-order valence-electron chi connectivity index (χ4n) is 3.94. The van der Waals surface area contributed by atoms with E-state index >= 15 is 0 Å². The van der Waals surface area contributed by atoms with E-state index in [-0.39, 0.29) is 0 Å². The molecule has 1 aliphatic rings. The van der Waals surface area contributed by atoms with Gasteiger partial charge in [0.05, 0.1) is 37.1 Å². The molecule has 7 rings (SSSR count). The summed E-state index contributed by atoms with van der Waals surface area (Å²) in [4.78, 5) is 0. The van der Waals surface area contributed by atoms with Crippen molar-refractivity contribution in [1.82, 2.24) is 4.57 Å². The minimum Gasteiger partial charge on any atom is -0.457 e. The van der Waals surface area contributed by atoms with Crippen LogP contribution in [0.4, 0.5) is 0 Å². The van der Waals surface area contributed by atoms with Crippen LogP contribution in [0.1, 0.15) is 59.1 Å². The van der Waals surface area contributed by atoms with Crippen molar-refractivity contribution in [3.05, 3.63) is 126 Å². The lowest BCUT2D eigenvalue weighted by Gasteiger charge is -2.34. The zero-order valence-electron chi connectivity index (χ0n) is 42.4. The number of rotatable bonds is 2. The van der Waals surface area contributed by atoms with Crippen LogP contribution in [-0.2, 0) is 5.41 Å². The smallest absolute Gasteiger partial charge is 0.131 e. The molecule has 6 aromatic rings. The second-order valence-electron chi connectivity index (χ2n) is 7.52. The monoisotopic (exact) mass is 476 g/mol. The normalized spacial score (nSPS) is 24.7. The van der Waals surface area contributed by atoms with Crippen LogP contribution in [0.5, 0.6) is 11.5 Å². The van der Waals surface area contributed by atoms with Gasteiger partial charge in [0.1, 0.15) is 11.5 Å². The Balaban J connectivity index is 1.78. The molecule has 0 saturated heterocycles. The van der Waals surface area contributed by atoms with Crippen LogP contribution in [0.2, 0.25) is 0 Å². The summed E-state index contributed by atoms with van der Waals surface area (Å²) in [6, 6.07) is -19.0. The molecule has 0 aliphatic carbocycles. The van der Waals surface area contributed by atoms with Crippen molar-refractivity contribution in [3.63, 3.8) is 0 Å². The minimum atomic E-state index is -3.88. The van der Waals surface area contributed by atoms with E-state index in [9.17, 15) is 5.48 Å². The highest BCUT2D eigenvalue weighted by Gasteiger charge is 2.34. The zero-order chi connectivity index (χ0) is 45.1. The number of ether oxygens (including phenoxy) is 1. The van der Waals surface area contributed by atoms with Crippen LogP contribution in [0.25, 0.3) is 38.6 Å². The first kappa shape index (κ1) is 7.11. The lowest BCUT2D eigenvalue weighted by molar-refractivity contribution is 0.418. The molecule has 2 heteroatoms. The van der Waals surface area contributed by atoms with Crippen LogP contribution in [0.15, 0.2) is 115 Å². The third kappa shape index (κ3) is 2.96. The molecular formula is C33H25NO. The summed E-state index contributed by atoms with van der Waals surface area (Å²) < 4.78 is 224. The second-order valence-corrected chi connectivity index (χ2v) is 7.52. The number of nitrogens with zero attached hydrogens (tertiary/aromatic N) is 1. The predicted molar refractivity (Wildman–Crippen MR) is 145 cm³/mol. The lowest BCUT2D eigenvalue weighted by atomic mass is 9.75. The van der Waals surface area contributed by atoms with E-state index in [1.54, 1.807) is 0 Å². The maximum Gasteiger partial charge on any atom is 0.131 e. The van der Waals surface area contributed by atoms with E-state index in [1.165, 1.54) is 0 Å². The van der Waals surface area contributed by atoms with Crippen molar-refractivity contribution in [2.45, 2.75) is 19.1 Å². The van der Waals surface area contributed by atoms with Crippen molar-refractivity contribution in [2.24, 2.45) is 0 Å². The first-order chi connectivity index (χ1) is 27.5. The van der Waals surface area contributed by atoms with Crippen molar-refractivity contribution < 1.29 is 39.0 Å². The van der Waals surface area contributed by atoms with Gasteiger partial charge in [-0.05, 0) is 53.4 Å². The molecule has 0 amide bonds. The Labute approximate surface area is 240 Å². The summed E-state index contributed by atoms with van der Waals surface area (Å²) in [5, 5.41) is -1.12. The summed E-state index contributed by atoms with van der Waals surface area (Å²) in [7, 11) is 0. The lowest BCUT2D eigenvalue weighted by Crippen LogP contribution is -2.24. The van der Waals surface area contributed by atoms with Gasteiger partial charge in [-0.2, -0.15) is 0 Å². The SMILES string of the molecule is [2H]c1c([2H])c([2H])c(-n2c3c([2H])c([2H])c([2H])c([2H])c3c3c([2H])c([2H])c(-c4c([2H])c([2H])c5c(c4[2H])C(C([2H])([2H])[2H])(C([2H])([2H])[2H])c4c([2H])c([2H])c([2H])c([2H])c4O5)c([2H])c32)c([2H])c1[2H]. The number of hydrogen-bond donors (Lipinski definition) is 0. The van der Waals surface area contributed by atoms with Gasteiger partial charge in [0.25, 0.3) is 0 Å². The summed E-state index contributed by atoms with van der Waals surface area (Å²) in [6.45, 7) is -7.76. The molecule has 1 aromatic heterocycles. The highest BCUT2D eigenvalue weighted by atomic mass is 16.5. The number of benzene rings is 5. The molecule has 0 saturated carbocycles. The fraction of sp³-hybridized carbons (Fsp3) is 0.0909.